The Morgan fingerprint density at radius 1 is 0.672 bits per heavy atom. The maximum Gasteiger partial charge on any atom is 0.303 e. The molecule has 0 amide bonds. The van der Waals surface area contributed by atoms with Gasteiger partial charge in [-0.05, 0) is 92.2 Å². The number of nitrogens with zero attached hydrogens (tertiary/aromatic N) is 2. The van der Waals surface area contributed by atoms with Gasteiger partial charge < -0.3 is 10.0 Å². The molecule has 4 aromatic carbocycles. The summed E-state index contributed by atoms with van der Waals surface area (Å²) in [4.78, 5) is 10.6. The number of aliphatic carboxylic acids is 1. The topological polar surface area (TPSA) is 261 Å². The predicted molar refractivity (Wildman–Crippen MR) is 227 cm³/mol. The second-order valence-corrected chi connectivity index (χ2v) is 21.3. The third kappa shape index (κ3) is 8.98. The first-order chi connectivity index (χ1) is 28.1. The van der Waals surface area contributed by atoms with E-state index in [1.165, 1.54) is 42.5 Å². The Hall–Kier alpha value is -5.06. The van der Waals surface area contributed by atoms with Gasteiger partial charge in [-0.2, -0.15) is 38.2 Å². The maximum atomic E-state index is 12.9. The predicted octanol–water partition coefficient (Wildman–Crippen LogP) is 6.97. The van der Waals surface area contributed by atoms with Gasteiger partial charge in [0.1, 0.15) is 11.4 Å². The van der Waals surface area contributed by atoms with Crippen LogP contribution < -0.4 is 4.90 Å². The van der Waals surface area contributed by atoms with Crippen molar-refractivity contribution in [2.75, 3.05) is 11.4 Å². The minimum Gasteiger partial charge on any atom is -0.481 e. The minimum atomic E-state index is -5.05. The number of allylic oxidation sites excluding steroid dienone is 6. The molecule has 2 aliphatic rings. The number of rotatable bonds is 14. The standard InChI is InChI=1S/C41H42N2O14S4/c1-40(2)32-24-29(60(52,53)54)18-20-33(32)42(21-10-6-9-16-38(44)45)36(40)14-7-5-8-15-37-41(3,4)39-30-19-17-28(59(49,50)51)23-31(30)35(61(55,56)57)25-34(39)43(37)26-12-11-13-27(22-26)58(46,47)48/h5,7-8,11-15,17-20,22-25H,6,9-10,16,21H2,1-4H3,(H4-,44,45,46,47,48,49,50,51,52,53,54,55,56,57)/p+1. The molecule has 4 aromatic rings. The smallest absolute Gasteiger partial charge is 0.303 e. The molecule has 0 fully saturated rings. The van der Waals surface area contributed by atoms with E-state index in [1.807, 2.05) is 24.5 Å². The van der Waals surface area contributed by atoms with Crippen LogP contribution in [0.15, 0.2) is 122 Å². The van der Waals surface area contributed by atoms with Gasteiger partial charge >= 0.3 is 5.97 Å². The zero-order valence-corrected chi connectivity index (χ0v) is 36.5. The lowest BCUT2D eigenvalue weighted by atomic mass is 9.81. The van der Waals surface area contributed by atoms with Crippen LogP contribution in [0.1, 0.15) is 64.5 Å². The molecule has 16 nitrogen and oxygen atoms in total. The van der Waals surface area contributed by atoms with Crippen LogP contribution in [-0.4, -0.2) is 79.8 Å². The number of carboxylic acid groups (broad SMARTS) is 1. The first-order valence-electron chi connectivity index (χ1n) is 18.6. The number of fused-ring (bicyclic) bond motifs is 4. The summed E-state index contributed by atoms with van der Waals surface area (Å²) in [6, 6.07) is 14.0. The van der Waals surface area contributed by atoms with E-state index in [9.17, 15) is 56.7 Å². The van der Waals surface area contributed by atoms with Gasteiger partial charge in [0.05, 0.1) is 25.8 Å². The lowest BCUT2D eigenvalue weighted by Crippen LogP contribution is -2.28. The third-order valence-corrected chi connectivity index (χ3v) is 14.4. The number of unbranched alkanes of at least 4 members (excludes halogenated alkanes) is 2. The molecule has 0 radical (unpaired) electrons. The van der Waals surface area contributed by atoms with Crippen molar-refractivity contribution in [2.45, 2.75) is 83.8 Å². The lowest BCUT2D eigenvalue weighted by molar-refractivity contribution is -0.438. The quantitative estimate of drug-likeness (QED) is 0.0370. The van der Waals surface area contributed by atoms with Gasteiger partial charge in [-0.15, -0.1) is 0 Å². The number of benzene rings is 4. The molecule has 61 heavy (non-hydrogen) atoms. The van der Waals surface area contributed by atoms with Gasteiger partial charge in [0.15, 0.2) is 5.71 Å². The Bertz CT molecular complexity index is 3090. The minimum absolute atomic E-state index is 0.0226. The molecule has 0 aliphatic carbocycles. The van der Waals surface area contributed by atoms with Crippen molar-refractivity contribution in [2.24, 2.45) is 0 Å². The van der Waals surface area contributed by atoms with Crippen LogP contribution >= 0.6 is 0 Å². The summed E-state index contributed by atoms with van der Waals surface area (Å²) in [6.07, 6.45) is 10.4. The zero-order valence-electron chi connectivity index (χ0n) is 33.2. The maximum absolute atomic E-state index is 12.9. The summed E-state index contributed by atoms with van der Waals surface area (Å²) in [6.45, 7) is 7.86. The van der Waals surface area contributed by atoms with E-state index in [0.29, 0.717) is 42.6 Å². The molecule has 0 bridgehead atoms. The van der Waals surface area contributed by atoms with Crippen LogP contribution in [0.3, 0.4) is 0 Å². The number of carbonyl (C=O) groups is 1. The van der Waals surface area contributed by atoms with Crippen molar-refractivity contribution < 1.29 is 66.4 Å². The summed E-state index contributed by atoms with van der Waals surface area (Å²) >= 11 is 0. The molecule has 0 unspecified atom stereocenters. The van der Waals surface area contributed by atoms with Gasteiger partial charge in [0, 0.05) is 52.7 Å². The van der Waals surface area contributed by atoms with Crippen LogP contribution in [0, 0.1) is 0 Å². The molecule has 324 valence electrons. The molecule has 0 aromatic heterocycles. The average Bonchev–Trinajstić information content (AvgIpc) is 3.50. The fourth-order valence-corrected chi connectivity index (χ4v) is 10.3. The normalized spacial score (nSPS) is 17.2. The number of hydrogen-bond acceptors (Lipinski definition) is 10. The van der Waals surface area contributed by atoms with Crippen molar-refractivity contribution in [3.8, 4) is 0 Å². The highest BCUT2D eigenvalue weighted by Gasteiger charge is 2.46. The van der Waals surface area contributed by atoms with E-state index in [1.54, 1.807) is 49.1 Å². The van der Waals surface area contributed by atoms with Crippen LogP contribution in [-0.2, 0) is 56.1 Å². The summed E-state index contributed by atoms with van der Waals surface area (Å²) < 4.78 is 140. The van der Waals surface area contributed by atoms with Crippen LogP contribution in [0.25, 0.3) is 10.8 Å². The van der Waals surface area contributed by atoms with E-state index < -0.39 is 72.0 Å². The van der Waals surface area contributed by atoms with E-state index in [0.717, 1.165) is 29.6 Å². The second kappa shape index (κ2) is 16.0. The highest BCUT2D eigenvalue weighted by atomic mass is 32.2. The van der Waals surface area contributed by atoms with Gasteiger partial charge in [0.25, 0.3) is 40.5 Å². The van der Waals surface area contributed by atoms with E-state index in [-0.39, 0.29) is 33.5 Å². The SMILES string of the molecule is CC1(C)C(C=CC=CC=C2N(c3cccc(S(=O)(=O)O)c3)c3cc(S(=O)(=O)O)c4cc(S(=O)(=O)O)ccc4c3C2(C)C)=[N+](CCCCCC(=O)O)c2ccc(S(=O)(=O)O)cc21. The van der Waals surface area contributed by atoms with E-state index in [4.69, 9.17) is 5.11 Å². The van der Waals surface area contributed by atoms with Crippen LogP contribution in [0.4, 0.5) is 17.1 Å². The van der Waals surface area contributed by atoms with Crippen molar-refractivity contribution in [1.82, 2.24) is 0 Å². The first-order valence-corrected chi connectivity index (χ1v) is 24.4. The van der Waals surface area contributed by atoms with Crippen molar-refractivity contribution in [3.63, 3.8) is 0 Å². The van der Waals surface area contributed by atoms with E-state index >= 15 is 0 Å². The van der Waals surface area contributed by atoms with Crippen molar-refractivity contribution in [3.05, 3.63) is 114 Å². The molecule has 2 heterocycles. The van der Waals surface area contributed by atoms with Crippen molar-refractivity contribution >= 4 is 80.0 Å². The Morgan fingerprint density at radius 2 is 1.30 bits per heavy atom. The molecule has 0 spiro atoms. The fraction of sp³-hybridized carbons (Fsp3) is 0.268. The first kappa shape index (κ1) is 45.5. The average molecular weight is 916 g/mol. The summed E-state index contributed by atoms with van der Waals surface area (Å²) in [5.74, 6) is -0.896. The van der Waals surface area contributed by atoms with Crippen molar-refractivity contribution in [1.29, 1.82) is 0 Å². The molecule has 0 saturated carbocycles. The lowest BCUT2D eigenvalue weighted by Gasteiger charge is -2.27. The molecular weight excluding hydrogens is 873 g/mol. The largest absolute Gasteiger partial charge is 0.481 e. The van der Waals surface area contributed by atoms with Gasteiger partial charge in [-0.3, -0.25) is 23.0 Å². The molecule has 20 heteroatoms. The van der Waals surface area contributed by atoms with E-state index in [2.05, 4.69) is 0 Å². The highest BCUT2D eigenvalue weighted by Crippen LogP contribution is 2.55. The molecule has 0 saturated heterocycles. The summed E-state index contributed by atoms with van der Waals surface area (Å²) in [5.41, 5.74) is 1.58. The summed E-state index contributed by atoms with van der Waals surface area (Å²) in [5, 5.41) is 9.07. The third-order valence-electron chi connectivity index (χ3n) is 10.9. The van der Waals surface area contributed by atoms with Crippen LogP contribution in [0.2, 0.25) is 0 Å². The zero-order chi connectivity index (χ0) is 45.1. The Balaban J connectivity index is 1.49. The Morgan fingerprint density at radius 3 is 1.92 bits per heavy atom. The molecular formula is C41H43N2O14S4+. The number of hydrogen-bond donors (Lipinski definition) is 5. The molecule has 5 N–H and O–H groups in total. The highest BCUT2D eigenvalue weighted by molar-refractivity contribution is 7.86. The van der Waals surface area contributed by atoms with Gasteiger partial charge in [-0.1, -0.05) is 44.2 Å². The van der Waals surface area contributed by atoms with Gasteiger partial charge in [0.2, 0.25) is 5.69 Å². The molecule has 2 aliphatic heterocycles. The Labute approximate surface area is 353 Å². The fourth-order valence-electron chi connectivity index (χ4n) is 8.08. The molecule has 0 atom stereocenters. The number of carboxylic acids is 1. The molecule has 6 rings (SSSR count). The summed E-state index contributed by atoms with van der Waals surface area (Å²) in [7, 11) is -19.1. The number of anilines is 2. The van der Waals surface area contributed by atoms with Crippen LogP contribution in [0.5, 0.6) is 0 Å². The second-order valence-electron chi connectivity index (χ2n) is 15.7. The Kier molecular flexibility index (Phi) is 11.9. The van der Waals surface area contributed by atoms with Gasteiger partial charge in [-0.25, -0.2) is 0 Å². The monoisotopic (exact) mass is 915 g/mol.